The molecule has 1 atom stereocenters. The SMILES string of the molecule is CC(C)(C)c1nn(-c2ccccc2)cc1CN1CCC(N)C(C)(C)C1. The number of nitrogens with zero attached hydrogens (tertiary/aromatic N) is 3. The van der Waals surface area contributed by atoms with E-state index in [-0.39, 0.29) is 16.9 Å². The molecular weight excluding hydrogens is 308 g/mol. The molecule has 0 amide bonds. The molecule has 25 heavy (non-hydrogen) atoms. The van der Waals surface area contributed by atoms with E-state index in [9.17, 15) is 0 Å². The summed E-state index contributed by atoms with van der Waals surface area (Å²) < 4.78 is 2.02. The number of hydrogen-bond acceptors (Lipinski definition) is 3. The minimum atomic E-state index is 0.0249. The van der Waals surface area contributed by atoms with Gasteiger partial charge < -0.3 is 5.73 Å². The number of para-hydroxylation sites is 1. The van der Waals surface area contributed by atoms with Crippen LogP contribution in [0, 0.1) is 5.41 Å². The molecule has 1 saturated heterocycles. The van der Waals surface area contributed by atoms with Gasteiger partial charge in [-0.2, -0.15) is 5.10 Å². The Balaban J connectivity index is 1.89. The molecule has 1 aromatic heterocycles. The predicted molar refractivity (Wildman–Crippen MR) is 104 cm³/mol. The highest BCUT2D eigenvalue weighted by molar-refractivity contribution is 5.34. The Morgan fingerprint density at radius 1 is 1.20 bits per heavy atom. The number of likely N-dealkylation sites (tertiary alicyclic amines) is 1. The largest absolute Gasteiger partial charge is 0.327 e. The van der Waals surface area contributed by atoms with Crippen molar-refractivity contribution in [3.63, 3.8) is 0 Å². The highest BCUT2D eigenvalue weighted by atomic mass is 15.3. The average molecular weight is 341 g/mol. The van der Waals surface area contributed by atoms with E-state index in [1.165, 1.54) is 11.3 Å². The molecule has 1 unspecified atom stereocenters. The van der Waals surface area contributed by atoms with E-state index in [1.807, 2.05) is 10.7 Å². The molecule has 1 aliphatic heterocycles. The first-order chi connectivity index (χ1) is 11.7. The van der Waals surface area contributed by atoms with Gasteiger partial charge in [-0.25, -0.2) is 4.68 Å². The standard InChI is InChI=1S/C21H32N4/c1-20(2,3)19-16(13-24-12-11-18(22)21(4,5)15-24)14-25(23-19)17-9-7-6-8-10-17/h6-10,14,18H,11-13,15,22H2,1-5H3. The van der Waals surface area contributed by atoms with E-state index in [0.29, 0.717) is 0 Å². The summed E-state index contributed by atoms with van der Waals surface area (Å²) in [4.78, 5) is 2.53. The molecule has 2 heterocycles. The lowest BCUT2D eigenvalue weighted by molar-refractivity contribution is 0.0894. The Morgan fingerprint density at radius 2 is 1.88 bits per heavy atom. The molecule has 2 aromatic rings. The van der Waals surface area contributed by atoms with Gasteiger partial charge in [-0.15, -0.1) is 0 Å². The monoisotopic (exact) mass is 340 g/mol. The van der Waals surface area contributed by atoms with Crippen LogP contribution in [0.3, 0.4) is 0 Å². The third kappa shape index (κ3) is 3.96. The number of hydrogen-bond donors (Lipinski definition) is 1. The van der Waals surface area contributed by atoms with E-state index < -0.39 is 0 Å². The predicted octanol–water partition coefficient (Wildman–Crippen LogP) is 3.73. The van der Waals surface area contributed by atoms with Crippen LogP contribution in [0.1, 0.15) is 52.3 Å². The molecule has 0 aliphatic carbocycles. The van der Waals surface area contributed by atoms with Crippen molar-refractivity contribution >= 4 is 0 Å². The number of rotatable bonds is 3. The topological polar surface area (TPSA) is 47.1 Å². The van der Waals surface area contributed by atoms with Gasteiger partial charge in [0.1, 0.15) is 0 Å². The quantitative estimate of drug-likeness (QED) is 0.926. The smallest absolute Gasteiger partial charge is 0.0727 e. The fraction of sp³-hybridized carbons (Fsp3) is 0.571. The maximum atomic E-state index is 6.30. The van der Waals surface area contributed by atoms with Gasteiger partial charge in [-0.1, -0.05) is 52.8 Å². The lowest BCUT2D eigenvalue weighted by Crippen LogP contribution is -2.52. The van der Waals surface area contributed by atoms with E-state index in [4.69, 9.17) is 10.8 Å². The van der Waals surface area contributed by atoms with Crippen LogP contribution in [-0.4, -0.2) is 33.8 Å². The minimum Gasteiger partial charge on any atom is -0.327 e. The van der Waals surface area contributed by atoms with Crippen molar-refractivity contribution in [2.24, 2.45) is 11.1 Å². The zero-order valence-corrected chi connectivity index (χ0v) is 16.3. The Kier molecular flexibility index (Phi) is 4.78. The van der Waals surface area contributed by atoms with Gasteiger partial charge in [0.05, 0.1) is 11.4 Å². The number of aromatic nitrogens is 2. The first-order valence-electron chi connectivity index (χ1n) is 9.29. The van der Waals surface area contributed by atoms with Crippen LogP contribution < -0.4 is 5.73 Å². The lowest BCUT2D eigenvalue weighted by atomic mass is 9.79. The molecule has 3 rings (SSSR count). The van der Waals surface area contributed by atoms with Gasteiger partial charge in [0.2, 0.25) is 0 Å². The van der Waals surface area contributed by atoms with Gasteiger partial charge in [0, 0.05) is 42.9 Å². The molecule has 1 fully saturated rings. The average Bonchev–Trinajstić information content (AvgIpc) is 2.96. The van der Waals surface area contributed by atoms with Crippen molar-refractivity contribution in [3.05, 3.63) is 47.8 Å². The number of nitrogens with two attached hydrogens (primary N) is 1. The highest BCUT2D eigenvalue weighted by Gasteiger charge is 2.34. The summed E-state index contributed by atoms with van der Waals surface area (Å²) in [6.07, 6.45) is 3.27. The van der Waals surface area contributed by atoms with Crippen molar-refractivity contribution in [3.8, 4) is 5.69 Å². The van der Waals surface area contributed by atoms with Crippen LogP contribution in [0.2, 0.25) is 0 Å². The van der Waals surface area contributed by atoms with E-state index >= 15 is 0 Å². The zero-order chi connectivity index (χ0) is 18.2. The summed E-state index contributed by atoms with van der Waals surface area (Å²) in [5.74, 6) is 0. The van der Waals surface area contributed by atoms with E-state index in [1.54, 1.807) is 0 Å². The van der Waals surface area contributed by atoms with Gasteiger partial charge >= 0.3 is 0 Å². The lowest BCUT2D eigenvalue weighted by Gasteiger charge is -2.42. The maximum absolute atomic E-state index is 6.30. The Bertz CT molecular complexity index is 709. The fourth-order valence-electron chi connectivity index (χ4n) is 3.73. The van der Waals surface area contributed by atoms with Crippen molar-refractivity contribution in [1.29, 1.82) is 0 Å². The minimum absolute atomic E-state index is 0.0249. The van der Waals surface area contributed by atoms with Crippen molar-refractivity contribution < 1.29 is 0 Å². The van der Waals surface area contributed by atoms with Gasteiger partial charge in [-0.3, -0.25) is 4.90 Å². The van der Waals surface area contributed by atoms with Crippen molar-refractivity contribution in [2.45, 2.75) is 59.0 Å². The number of benzene rings is 1. The zero-order valence-electron chi connectivity index (χ0n) is 16.3. The summed E-state index contributed by atoms with van der Waals surface area (Å²) in [7, 11) is 0. The van der Waals surface area contributed by atoms with Crippen LogP contribution in [0.4, 0.5) is 0 Å². The maximum Gasteiger partial charge on any atom is 0.0727 e. The van der Waals surface area contributed by atoms with Crippen LogP contribution in [0.15, 0.2) is 36.5 Å². The molecular formula is C21H32N4. The van der Waals surface area contributed by atoms with Crippen LogP contribution in [0.25, 0.3) is 5.69 Å². The number of piperidine rings is 1. The molecule has 1 aliphatic rings. The summed E-state index contributed by atoms with van der Waals surface area (Å²) >= 11 is 0. The van der Waals surface area contributed by atoms with Gasteiger partial charge in [0.25, 0.3) is 0 Å². The van der Waals surface area contributed by atoms with E-state index in [0.717, 1.165) is 31.7 Å². The highest BCUT2D eigenvalue weighted by Crippen LogP contribution is 2.31. The first kappa shape index (κ1) is 18.2. The molecule has 4 heteroatoms. The second-order valence-electron chi connectivity index (χ2n) is 9.13. The van der Waals surface area contributed by atoms with Crippen LogP contribution in [-0.2, 0) is 12.0 Å². The molecule has 0 spiro atoms. The second kappa shape index (κ2) is 6.58. The Labute approximate surface area is 152 Å². The van der Waals surface area contributed by atoms with Crippen LogP contribution >= 0.6 is 0 Å². The van der Waals surface area contributed by atoms with Crippen molar-refractivity contribution in [1.82, 2.24) is 14.7 Å². The normalized spacial score (nSPS) is 21.4. The molecule has 0 radical (unpaired) electrons. The third-order valence-electron chi connectivity index (χ3n) is 5.31. The molecule has 1 aromatic carbocycles. The third-order valence-corrected chi connectivity index (χ3v) is 5.31. The first-order valence-corrected chi connectivity index (χ1v) is 9.29. The molecule has 2 N–H and O–H groups in total. The van der Waals surface area contributed by atoms with Crippen molar-refractivity contribution in [2.75, 3.05) is 13.1 Å². The second-order valence-corrected chi connectivity index (χ2v) is 9.13. The van der Waals surface area contributed by atoms with Crippen LogP contribution in [0.5, 0.6) is 0 Å². The summed E-state index contributed by atoms with van der Waals surface area (Å²) in [5, 5.41) is 4.93. The fourth-order valence-corrected chi connectivity index (χ4v) is 3.73. The summed E-state index contributed by atoms with van der Waals surface area (Å²) in [6, 6.07) is 10.7. The van der Waals surface area contributed by atoms with Gasteiger partial charge in [-0.05, 0) is 24.0 Å². The van der Waals surface area contributed by atoms with Gasteiger partial charge in [0.15, 0.2) is 0 Å². The summed E-state index contributed by atoms with van der Waals surface area (Å²) in [5.41, 5.74) is 10.1. The Morgan fingerprint density at radius 3 is 2.48 bits per heavy atom. The molecule has 4 nitrogen and oxygen atoms in total. The Hall–Kier alpha value is -1.65. The van der Waals surface area contributed by atoms with E-state index in [2.05, 4.69) is 70.0 Å². The summed E-state index contributed by atoms with van der Waals surface area (Å²) in [6.45, 7) is 14.3. The molecule has 136 valence electrons. The molecule has 0 bridgehead atoms. The molecule has 0 saturated carbocycles.